The van der Waals surface area contributed by atoms with Gasteiger partial charge in [-0.3, -0.25) is 15.0 Å². The van der Waals surface area contributed by atoms with Crippen molar-refractivity contribution in [3.63, 3.8) is 0 Å². The van der Waals surface area contributed by atoms with Crippen molar-refractivity contribution in [1.29, 1.82) is 0 Å². The Balaban J connectivity index is 1.39. The van der Waals surface area contributed by atoms with Gasteiger partial charge in [-0.05, 0) is 60.6 Å². The second kappa shape index (κ2) is 9.80. The number of nitrogens with one attached hydrogen (secondary N) is 1. The molecule has 1 saturated heterocycles. The molecular weight excluding hydrogens is 440 g/mol. The van der Waals surface area contributed by atoms with Crippen LogP contribution in [-0.4, -0.2) is 21.1 Å². The van der Waals surface area contributed by atoms with E-state index in [1.165, 1.54) is 0 Å². The van der Waals surface area contributed by atoms with Crippen LogP contribution in [0.2, 0.25) is 0 Å². The van der Waals surface area contributed by atoms with E-state index in [1.807, 2.05) is 73.7 Å². The minimum absolute atomic E-state index is 0.282. The zero-order valence-corrected chi connectivity index (χ0v) is 18.9. The van der Waals surface area contributed by atoms with Gasteiger partial charge in [0.25, 0.3) is 11.8 Å². The van der Waals surface area contributed by atoms with E-state index in [2.05, 4.69) is 5.43 Å². The van der Waals surface area contributed by atoms with Crippen LogP contribution in [0.4, 0.5) is 0 Å². The molecule has 1 aliphatic heterocycles. The smallest absolute Gasteiger partial charge is 0.285 e. The number of hydrazine groups is 1. The van der Waals surface area contributed by atoms with Crippen molar-refractivity contribution in [2.75, 3.05) is 0 Å². The predicted molar refractivity (Wildman–Crippen MR) is 131 cm³/mol. The van der Waals surface area contributed by atoms with E-state index in [4.69, 9.17) is 17.0 Å². The fraction of sp³-hybridized carbons (Fsp3) is 0.0800. The Hall–Kier alpha value is -3.42. The molecule has 1 heterocycles. The van der Waals surface area contributed by atoms with Crippen LogP contribution in [0.25, 0.3) is 6.08 Å². The molecule has 32 heavy (non-hydrogen) atoms. The molecule has 2 amide bonds. The van der Waals surface area contributed by atoms with Crippen LogP contribution in [0, 0.1) is 6.92 Å². The van der Waals surface area contributed by atoms with Gasteiger partial charge in [-0.25, -0.2) is 0 Å². The molecule has 0 unspecified atom stereocenters. The monoisotopic (exact) mass is 460 g/mol. The van der Waals surface area contributed by atoms with E-state index < -0.39 is 0 Å². The lowest BCUT2D eigenvalue weighted by molar-refractivity contribution is -0.123. The van der Waals surface area contributed by atoms with Crippen LogP contribution in [0.1, 0.15) is 27.0 Å². The number of thioether (sulfide) groups is 1. The van der Waals surface area contributed by atoms with Crippen molar-refractivity contribution in [3.8, 4) is 5.75 Å². The summed E-state index contributed by atoms with van der Waals surface area (Å²) >= 11 is 6.45. The van der Waals surface area contributed by atoms with E-state index in [9.17, 15) is 9.59 Å². The number of amides is 2. The molecular formula is C25H20N2O3S2. The molecule has 0 saturated carbocycles. The number of nitrogens with zero attached hydrogens (tertiary/aromatic N) is 1. The summed E-state index contributed by atoms with van der Waals surface area (Å²) in [5.41, 5.74) is 6.03. The molecule has 0 aliphatic carbocycles. The van der Waals surface area contributed by atoms with Crippen molar-refractivity contribution in [3.05, 3.63) is 106 Å². The Labute approximate surface area is 196 Å². The predicted octanol–water partition coefficient (Wildman–Crippen LogP) is 5.12. The van der Waals surface area contributed by atoms with E-state index in [1.54, 1.807) is 18.2 Å². The molecule has 0 radical (unpaired) electrons. The summed E-state index contributed by atoms with van der Waals surface area (Å²) in [6, 6.07) is 24.5. The van der Waals surface area contributed by atoms with Gasteiger partial charge in [0.1, 0.15) is 12.4 Å². The number of ether oxygens (including phenoxy) is 1. The maximum Gasteiger partial charge on any atom is 0.285 e. The molecule has 0 atom stereocenters. The molecule has 0 spiro atoms. The maximum atomic E-state index is 12.8. The van der Waals surface area contributed by atoms with Crippen molar-refractivity contribution in [2.24, 2.45) is 0 Å². The largest absolute Gasteiger partial charge is 0.489 e. The number of thiocarbonyl (C=S) groups is 1. The summed E-state index contributed by atoms with van der Waals surface area (Å²) < 4.78 is 6.08. The van der Waals surface area contributed by atoms with Crippen molar-refractivity contribution in [2.45, 2.75) is 13.5 Å². The zero-order chi connectivity index (χ0) is 22.5. The first-order valence-electron chi connectivity index (χ1n) is 9.92. The minimum Gasteiger partial charge on any atom is -0.489 e. The molecule has 0 aromatic heterocycles. The molecule has 5 nitrogen and oxygen atoms in total. The second-order valence-corrected chi connectivity index (χ2v) is 8.84. The van der Waals surface area contributed by atoms with Gasteiger partial charge in [-0.2, -0.15) is 5.01 Å². The highest BCUT2D eigenvalue weighted by molar-refractivity contribution is 8.26. The molecule has 3 aromatic carbocycles. The first kappa shape index (κ1) is 21.8. The number of benzene rings is 3. The lowest BCUT2D eigenvalue weighted by Gasteiger charge is -2.15. The number of carbonyl (C=O) groups is 2. The van der Waals surface area contributed by atoms with Crippen LogP contribution in [0.5, 0.6) is 5.75 Å². The quantitative estimate of drug-likeness (QED) is 0.409. The van der Waals surface area contributed by atoms with Crippen molar-refractivity contribution in [1.82, 2.24) is 10.4 Å². The third kappa shape index (κ3) is 5.25. The van der Waals surface area contributed by atoms with Crippen LogP contribution in [-0.2, 0) is 11.4 Å². The van der Waals surface area contributed by atoms with Crippen molar-refractivity contribution >= 4 is 46.2 Å². The van der Waals surface area contributed by atoms with E-state index in [0.717, 1.165) is 39.2 Å². The van der Waals surface area contributed by atoms with Crippen molar-refractivity contribution < 1.29 is 14.3 Å². The number of carbonyl (C=O) groups excluding carboxylic acids is 2. The lowest BCUT2D eigenvalue weighted by Crippen LogP contribution is -2.44. The van der Waals surface area contributed by atoms with E-state index in [0.29, 0.717) is 17.1 Å². The minimum atomic E-state index is -0.387. The Morgan fingerprint density at radius 3 is 2.41 bits per heavy atom. The highest BCUT2D eigenvalue weighted by Gasteiger charge is 2.33. The maximum absolute atomic E-state index is 12.8. The van der Waals surface area contributed by atoms with Gasteiger partial charge in [0, 0.05) is 5.56 Å². The number of hydrogen-bond donors (Lipinski definition) is 1. The first-order valence-corrected chi connectivity index (χ1v) is 11.1. The van der Waals surface area contributed by atoms with Gasteiger partial charge in [0.2, 0.25) is 0 Å². The summed E-state index contributed by atoms with van der Waals surface area (Å²) in [4.78, 5) is 25.7. The number of hydrogen-bond acceptors (Lipinski definition) is 5. The van der Waals surface area contributed by atoms with Gasteiger partial charge >= 0.3 is 0 Å². The Kier molecular flexibility index (Phi) is 6.68. The summed E-state index contributed by atoms with van der Waals surface area (Å²) in [7, 11) is 0. The van der Waals surface area contributed by atoms with Gasteiger partial charge in [-0.1, -0.05) is 71.9 Å². The number of aryl methyl sites for hydroxylation is 1. The lowest BCUT2D eigenvalue weighted by atomic mass is 10.1. The summed E-state index contributed by atoms with van der Waals surface area (Å²) in [6.45, 7) is 2.43. The molecule has 3 aromatic rings. The Morgan fingerprint density at radius 1 is 1.03 bits per heavy atom. The fourth-order valence-electron chi connectivity index (χ4n) is 2.99. The summed E-state index contributed by atoms with van der Waals surface area (Å²) in [6.07, 6.45) is 1.75. The van der Waals surface area contributed by atoms with Gasteiger partial charge in [0.15, 0.2) is 4.32 Å². The highest BCUT2D eigenvalue weighted by Crippen LogP contribution is 2.31. The highest BCUT2D eigenvalue weighted by atomic mass is 32.2. The third-order valence-corrected chi connectivity index (χ3v) is 6.05. The van der Waals surface area contributed by atoms with E-state index in [-0.39, 0.29) is 16.1 Å². The summed E-state index contributed by atoms with van der Waals surface area (Å²) in [5.74, 6) is -0.00348. The molecule has 160 valence electrons. The Morgan fingerprint density at radius 2 is 1.72 bits per heavy atom. The molecule has 7 heteroatoms. The Bertz CT molecular complexity index is 1170. The third-order valence-electron chi connectivity index (χ3n) is 4.75. The normalized spacial score (nSPS) is 14.7. The van der Waals surface area contributed by atoms with Gasteiger partial charge in [-0.15, -0.1) is 0 Å². The van der Waals surface area contributed by atoms with Gasteiger partial charge in [0.05, 0.1) is 4.91 Å². The molecule has 1 fully saturated rings. The molecule has 0 bridgehead atoms. The second-order valence-electron chi connectivity index (χ2n) is 7.17. The van der Waals surface area contributed by atoms with Gasteiger partial charge < -0.3 is 4.74 Å². The van der Waals surface area contributed by atoms with Crippen LogP contribution < -0.4 is 10.2 Å². The molecule has 1 aliphatic rings. The first-order chi connectivity index (χ1) is 15.5. The van der Waals surface area contributed by atoms with Crippen LogP contribution >= 0.6 is 24.0 Å². The SMILES string of the molecule is Cc1ccc(C(=O)NN2C(=O)/C(=C/c3ccc(OCc4ccccc4)cc3)SC2=S)cc1. The van der Waals surface area contributed by atoms with E-state index >= 15 is 0 Å². The molecule has 1 N–H and O–H groups in total. The summed E-state index contributed by atoms with van der Waals surface area (Å²) in [5, 5.41) is 1.12. The molecule has 4 rings (SSSR count). The topological polar surface area (TPSA) is 58.6 Å². The average Bonchev–Trinajstić information content (AvgIpc) is 3.07. The standard InChI is InChI=1S/C25H20N2O3S2/c1-17-7-11-20(12-8-17)23(28)26-27-24(29)22(32-25(27)31)15-18-9-13-21(14-10-18)30-16-19-5-3-2-4-6-19/h2-15H,16H2,1H3,(H,26,28)/b22-15-. The van der Waals surface area contributed by atoms with Crippen LogP contribution in [0.3, 0.4) is 0 Å². The number of rotatable bonds is 6. The zero-order valence-electron chi connectivity index (χ0n) is 17.3. The van der Waals surface area contributed by atoms with Crippen LogP contribution in [0.15, 0.2) is 83.8 Å². The average molecular weight is 461 g/mol. The fourth-order valence-corrected chi connectivity index (χ4v) is 4.17.